The van der Waals surface area contributed by atoms with Crippen LogP contribution in [-0.2, 0) is 11.0 Å². The van der Waals surface area contributed by atoms with Crippen LogP contribution in [0.2, 0.25) is 0 Å². The lowest BCUT2D eigenvalue weighted by Gasteiger charge is -2.41. The van der Waals surface area contributed by atoms with Gasteiger partial charge in [0, 0.05) is 43.3 Å². The number of pyridine rings is 1. The third kappa shape index (κ3) is 3.42. The molecule has 0 N–H and O–H groups in total. The van der Waals surface area contributed by atoms with Gasteiger partial charge in [-0.2, -0.15) is 0 Å². The van der Waals surface area contributed by atoms with Gasteiger partial charge in [-0.15, -0.1) is 0 Å². The van der Waals surface area contributed by atoms with Crippen molar-refractivity contribution in [3.63, 3.8) is 0 Å². The molecule has 0 bridgehead atoms. The van der Waals surface area contributed by atoms with Crippen LogP contribution in [0.4, 0.5) is 22.7 Å². The van der Waals surface area contributed by atoms with Crippen molar-refractivity contribution >= 4 is 28.8 Å². The van der Waals surface area contributed by atoms with Crippen LogP contribution >= 0.6 is 0 Å². The van der Waals surface area contributed by atoms with Gasteiger partial charge in [-0.25, -0.2) is 0 Å². The molecule has 4 nitrogen and oxygen atoms in total. The van der Waals surface area contributed by atoms with Crippen molar-refractivity contribution in [2.24, 2.45) is 0 Å². The molecule has 176 valence electrons. The van der Waals surface area contributed by atoms with Gasteiger partial charge in [0.05, 0.1) is 11.4 Å². The van der Waals surface area contributed by atoms with Crippen molar-refractivity contribution in [2.45, 2.75) is 38.6 Å². The van der Waals surface area contributed by atoms with E-state index in [1.54, 1.807) is 0 Å². The molecule has 2 aliphatic rings. The molecule has 0 spiro atoms. The second kappa shape index (κ2) is 8.15. The molecule has 3 aromatic carbocycles. The largest absolute Gasteiger partial charge is 0.496 e. The van der Waals surface area contributed by atoms with Crippen LogP contribution < -0.4 is 4.90 Å². The Labute approximate surface area is 212 Å². The molecule has 4 heteroatoms. The van der Waals surface area contributed by atoms with Crippen LogP contribution in [0, 0.1) is 0 Å². The number of fused-ring (bicyclic) bond motifs is 2. The Bertz CT molecular complexity index is 1560. The van der Waals surface area contributed by atoms with Gasteiger partial charge in [-0.05, 0) is 47.5 Å². The zero-order valence-electron chi connectivity index (χ0n) is 21.2. The Morgan fingerprint density at radius 2 is 1.50 bits per heavy atom. The summed E-state index contributed by atoms with van der Waals surface area (Å²) in [7, 11) is 0. The highest BCUT2D eigenvalue weighted by molar-refractivity contribution is 5.86. The highest BCUT2D eigenvalue weighted by Crippen LogP contribution is 2.52. The number of hydrogen-bond acceptors (Lipinski definition) is 2. The van der Waals surface area contributed by atoms with E-state index in [-0.39, 0.29) is 11.0 Å². The average Bonchev–Trinajstić information content (AvgIpc) is 3.41. The lowest BCUT2D eigenvalue weighted by Crippen LogP contribution is -2.30. The summed E-state index contributed by atoms with van der Waals surface area (Å²) in [5.41, 5.74) is 7.85. The van der Waals surface area contributed by atoms with E-state index in [0.717, 1.165) is 17.1 Å². The fourth-order valence-corrected chi connectivity index (χ4v) is 5.33. The normalized spacial score (nSPS) is 15.7. The predicted molar refractivity (Wildman–Crippen MR) is 145 cm³/mol. The third-order valence-electron chi connectivity index (χ3n) is 7.48. The molecule has 0 unspecified atom stereocenters. The number of nitrogens with zero attached hydrogens (tertiary/aromatic N) is 4. The number of para-hydroxylation sites is 2. The molecule has 0 saturated heterocycles. The van der Waals surface area contributed by atoms with Gasteiger partial charge in [-0.3, -0.25) is 4.98 Å². The summed E-state index contributed by atoms with van der Waals surface area (Å²) in [5, 5.41) is 0. The highest BCUT2D eigenvalue weighted by Gasteiger charge is 2.40. The second-order valence-electron chi connectivity index (χ2n) is 10.4. The molecule has 0 saturated carbocycles. The van der Waals surface area contributed by atoms with E-state index in [1.807, 2.05) is 18.3 Å². The van der Waals surface area contributed by atoms with E-state index in [9.17, 15) is 0 Å². The van der Waals surface area contributed by atoms with Crippen LogP contribution in [0.25, 0.3) is 0 Å². The first kappa shape index (κ1) is 22.2. The van der Waals surface area contributed by atoms with Crippen LogP contribution in [-0.4, -0.2) is 20.1 Å². The van der Waals surface area contributed by atoms with Gasteiger partial charge < -0.3 is 4.90 Å². The van der Waals surface area contributed by atoms with Gasteiger partial charge in [0.2, 0.25) is 17.4 Å². The molecule has 4 aromatic rings. The Kier molecular flexibility index (Phi) is 5.03. The maximum atomic E-state index is 4.59. The summed E-state index contributed by atoms with van der Waals surface area (Å²) >= 11 is 0. The molecule has 1 aromatic heterocycles. The first-order chi connectivity index (χ1) is 17.4. The quantitative estimate of drug-likeness (QED) is 0.289. The van der Waals surface area contributed by atoms with E-state index in [4.69, 9.17) is 0 Å². The highest BCUT2D eigenvalue weighted by atomic mass is 15.2. The van der Waals surface area contributed by atoms with Crippen LogP contribution in [0.3, 0.4) is 0 Å². The van der Waals surface area contributed by atoms with Crippen molar-refractivity contribution in [1.29, 1.82) is 0 Å². The zero-order valence-corrected chi connectivity index (χ0v) is 21.2. The van der Waals surface area contributed by atoms with E-state index in [0.29, 0.717) is 0 Å². The maximum Gasteiger partial charge on any atom is 0.496 e. The summed E-state index contributed by atoms with van der Waals surface area (Å²) in [6, 6.07) is 35.7. The predicted octanol–water partition coefficient (Wildman–Crippen LogP) is 7.44. The molecule has 0 radical (unpaired) electrons. The van der Waals surface area contributed by atoms with E-state index >= 15 is 0 Å². The van der Waals surface area contributed by atoms with Gasteiger partial charge in [-0.1, -0.05) is 65.5 Å². The minimum Gasteiger partial charge on any atom is -0.310 e. The molecular formula is C32H30N4+2. The summed E-state index contributed by atoms with van der Waals surface area (Å²) in [4.78, 5) is 6.97. The van der Waals surface area contributed by atoms with Gasteiger partial charge >= 0.3 is 6.01 Å². The smallest absolute Gasteiger partial charge is 0.310 e. The standard InChI is InChI=1S/C32H30N4/c1-31(2)26-14-8-9-15-28(26)36(24-12-6-5-7-13-24)29-22-25(17-18-27(29)31)34-20-21-35(23-34)32(3,4)30-16-10-11-19-33-30/h5-22H,1-4H3/q+2. The Hall–Kier alpha value is -4.27. The molecular weight excluding hydrogens is 440 g/mol. The van der Waals surface area contributed by atoms with E-state index in [1.165, 1.54) is 22.5 Å². The van der Waals surface area contributed by atoms with Crippen LogP contribution in [0.15, 0.2) is 110 Å². The van der Waals surface area contributed by atoms with Crippen molar-refractivity contribution < 1.29 is 9.15 Å². The molecule has 0 aliphatic carbocycles. The fourth-order valence-electron chi connectivity index (χ4n) is 5.33. The fraction of sp³-hybridized carbons (Fsp3) is 0.188. The lowest BCUT2D eigenvalue weighted by molar-refractivity contribution is -0.548. The number of rotatable bonds is 4. The number of anilines is 3. The minimum absolute atomic E-state index is 0.114. The molecule has 2 aliphatic heterocycles. The van der Waals surface area contributed by atoms with Crippen molar-refractivity contribution in [3.05, 3.63) is 126 Å². The molecule has 0 amide bonds. The molecule has 0 fully saturated rings. The molecule has 3 heterocycles. The minimum atomic E-state index is -0.322. The summed E-state index contributed by atoms with van der Waals surface area (Å²) < 4.78 is 4.17. The first-order valence-electron chi connectivity index (χ1n) is 12.4. The summed E-state index contributed by atoms with van der Waals surface area (Å²) in [6.45, 7) is 8.97. The summed E-state index contributed by atoms with van der Waals surface area (Å²) in [5.74, 6) is 0. The molecule has 36 heavy (non-hydrogen) atoms. The Balaban J connectivity index is 1.52. The third-order valence-corrected chi connectivity index (χ3v) is 7.48. The topological polar surface area (TPSA) is 22.1 Å². The number of hydrogen-bond donors (Lipinski definition) is 0. The van der Waals surface area contributed by atoms with E-state index in [2.05, 4.69) is 144 Å². The average molecular weight is 471 g/mol. The van der Waals surface area contributed by atoms with Crippen molar-refractivity contribution in [1.82, 2.24) is 4.98 Å². The van der Waals surface area contributed by atoms with Gasteiger partial charge in [0.15, 0.2) is 0 Å². The van der Waals surface area contributed by atoms with Crippen LogP contribution in [0.5, 0.6) is 0 Å². The van der Waals surface area contributed by atoms with Gasteiger partial charge in [0.25, 0.3) is 6.20 Å². The van der Waals surface area contributed by atoms with Crippen molar-refractivity contribution in [3.8, 4) is 0 Å². The monoisotopic (exact) mass is 470 g/mol. The van der Waals surface area contributed by atoms with Gasteiger partial charge in [0.1, 0.15) is 5.69 Å². The number of aromatic nitrogens is 1. The SMILES string of the molecule is CC1(C)c2ccccc2N(c2ccccc2)c2cc([N+]3=C=[N+](C(C)(C)c4ccccn4)C=C3)ccc21. The Morgan fingerprint density at radius 1 is 0.778 bits per heavy atom. The summed E-state index contributed by atoms with van der Waals surface area (Å²) in [6.07, 6.45) is 5.99. The van der Waals surface area contributed by atoms with E-state index < -0.39 is 0 Å². The second-order valence-corrected chi connectivity index (χ2v) is 10.4. The first-order valence-corrected chi connectivity index (χ1v) is 12.4. The Morgan fingerprint density at radius 3 is 2.28 bits per heavy atom. The molecule has 6 rings (SSSR count). The zero-order chi connectivity index (χ0) is 24.9. The van der Waals surface area contributed by atoms with Crippen LogP contribution in [0.1, 0.15) is 44.5 Å². The number of benzene rings is 3. The molecule has 0 atom stereocenters. The maximum absolute atomic E-state index is 4.59. The lowest BCUT2D eigenvalue weighted by atomic mass is 9.73. The van der Waals surface area contributed by atoms with Crippen molar-refractivity contribution in [2.75, 3.05) is 4.90 Å².